The van der Waals surface area contributed by atoms with E-state index in [0.29, 0.717) is 24.4 Å². The van der Waals surface area contributed by atoms with Crippen molar-refractivity contribution in [2.45, 2.75) is 25.8 Å². The van der Waals surface area contributed by atoms with Crippen molar-refractivity contribution in [1.29, 1.82) is 0 Å². The molecule has 5 rings (SSSR count). The quantitative estimate of drug-likeness (QED) is 0.573. The number of aromatic nitrogens is 5. The molecular formula is C19H16F2N6O2. The smallest absolute Gasteiger partial charge is 0.292 e. The molecule has 4 aromatic rings. The van der Waals surface area contributed by atoms with Crippen LogP contribution >= 0.6 is 0 Å². The van der Waals surface area contributed by atoms with Crippen molar-refractivity contribution in [2.24, 2.45) is 0 Å². The predicted octanol–water partition coefficient (Wildman–Crippen LogP) is 3.08. The van der Waals surface area contributed by atoms with Crippen LogP contribution in [0, 0.1) is 6.92 Å². The van der Waals surface area contributed by atoms with Crippen molar-refractivity contribution in [3.8, 4) is 0 Å². The van der Waals surface area contributed by atoms with Crippen LogP contribution in [0.25, 0.3) is 5.52 Å². The Morgan fingerprint density at radius 3 is 2.97 bits per heavy atom. The zero-order valence-corrected chi connectivity index (χ0v) is 15.3. The Kier molecular flexibility index (Phi) is 3.93. The lowest BCUT2D eigenvalue weighted by Gasteiger charge is -2.33. The number of nitrogens with one attached hydrogen (secondary N) is 1. The number of aromatic amines is 1. The van der Waals surface area contributed by atoms with E-state index in [1.165, 1.54) is 4.90 Å². The van der Waals surface area contributed by atoms with Gasteiger partial charge in [-0.2, -0.15) is 5.10 Å². The molecule has 0 radical (unpaired) electrons. The van der Waals surface area contributed by atoms with Gasteiger partial charge in [0.25, 0.3) is 12.3 Å². The van der Waals surface area contributed by atoms with E-state index in [1.807, 2.05) is 31.3 Å². The number of fused-ring (bicyclic) bond motifs is 2. The molecule has 0 fully saturated rings. The summed E-state index contributed by atoms with van der Waals surface area (Å²) in [4.78, 5) is 25.7. The molecule has 5 heterocycles. The summed E-state index contributed by atoms with van der Waals surface area (Å²) >= 11 is 0. The van der Waals surface area contributed by atoms with Crippen LogP contribution in [0.5, 0.6) is 0 Å². The molecule has 1 atom stereocenters. The van der Waals surface area contributed by atoms with Crippen LogP contribution < -0.4 is 0 Å². The Balaban J connectivity index is 1.66. The van der Waals surface area contributed by atoms with E-state index in [2.05, 4.69) is 20.1 Å². The number of carbonyl (C=O) groups excluding carboxylic acids is 1. The first-order chi connectivity index (χ1) is 14.1. The number of H-pyrrole nitrogens is 1. The molecule has 0 saturated carbocycles. The van der Waals surface area contributed by atoms with E-state index in [0.717, 1.165) is 23.2 Å². The number of pyridine rings is 1. The highest BCUT2D eigenvalue weighted by atomic mass is 19.3. The van der Waals surface area contributed by atoms with Gasteiger partial charge in [0.1, 0.15) is 6.04 Å². The fraction of sp³-hybridized carbons (Fsp3) is 0.263. The molecule has 8 nitrogen and oxygen atoms in total. The molecule has 29 heavy (non-hydrogen) atoms. The summed E-state index contributed by atoms with van der Waals surface area (Å²) in [7, 11) is 0. The number of halogens is 2. The first-order valence-electron chi connectivity index (χ1n) is 9.04. The van der Waals surface area contributed by atoms with Crippen LogP contribution in [-0.4, -0.2) is 41.9 Å². The summed E-state index contributed by atoms with van der Waals surface area (Å²) in [6.07, 6.45) is 1.85. The Morgan fingerprint density at radius 2 is 2.17 bits per heavy atom. The second kappa shape index (κ2) is 6.50. The van der Waals surface area contributed by atoms with Gasteiger partial charge in [0.2, 0.25) is 5.76 Å². The molecule has 0 unspecified atom stereocenters. The minimum absolute atomic E-state index is 0.301. The molecule has 148 valence electrons. The van der Waals surface area contributed by atoms with Gasteiger partial charge in [0.15, 0.2) is 12.1 Å². The van der Waals surface area contributed by atoms with Crippen LogP contribution in [0.4, 0.5) is 8.78 Å². The zero-order chi connectivity index (χ0) is 20.1. The minimum atomic E-state index is -2.91. The van der Waals surface area contributed by atoms with Gasteiger partial charge in [-0.1, -0.05) is 6.07 Å². The maximum absolute atomic E-state index is 13.3. The number of carbonyl (C=O) groups is 1. The molecular weight excluding hydrogens is 382 g/mol. The SMILES string of the molecule is Cc1c([C@H]2c3nc[nH]c3CCN2C(=O)c2ocnc2C(F)F)nn2ccccc12. The molecule has 10 heteroatoms. The number of hydrogen-bond acceptors (Lipinski definition) is 5. The number of hydrogen-bond donors (Lipinski definition) is 1. The molecule has 1 aliphatic rings. The van der Waals surface area contributed by atoms with Gasteiger partial charge in [-0.05, 0) is 19.1 Å². The maximum Gasteiger partial charge on any atom is 0.292 e. The average Bonchev–Trinajstić information content (AvgIpc) is 3.45. The fourth-order valence-electron chi connectivity index (χ4n) is 3.87. The summed E-state index contributed by atoms with van der Waals surface area (Å²) in [5.41, 5.74) is 3.29. The number of oxazole rings is 1. The molecule has 0 aromatic carbocycles. The standard InChI is InChI=1S/C19H16F2N6O2/c1-10-12-4-2-3-6-27(12)25-13(10)16-14-11(22-8-23-14)5-7-26(16)19(28)17-15(18(20)21)24-9-29-17/h2-4,6,8-9,16,18H,5,7H2,1H3,(H,22,23)/t16-/m0/s1. The number of aryl methyl sites for hydroxylation is 1. The van der Waals surface area contributed by atoms with Gasteiger partial charge in [-0.3, -0.25) is 4.79 Å². The largest absolute Gasteiger partial charge is 0.438 e. The van der Waals surface area contributed by atoms with Gasteiger partial charge >= 0.3 is 0 Å². The second-order valence-electron chi connectivity index (χ2n) is 6.83. The maximum atomic E-state index is 13.3. The lowest BCUT2D eigenvalue weighted by molar-refractivity contribution is 0.0638. The zero-order valence-electron chi connectivity index (χ0n) is 15.3. The number of imidazole rings is 1. The molecule has 0 bridgehead atoms. The van der Waals surface area contributed by atoms with Crippen LogP contribution in [-0.2, 0) is 6.42 Å². The third-order valence-electron chi connectivity index (χ3n) is 5.26. The van der Waals surface area contributed by atoms with E-state index in [4.69, 9.17) is 4.42 Å². The van der Waals surface area contributed by atoms with Crippen molar-refractivity contribution in [3.05, 3.63) is 71.2 Å². The highest BCUT2D eigenvalue weighted by Crippen LogP contribution is 2.37. The summed E-state index contributed by atoms with van der Waals surface area (Å²) in [5, 5.41) is 4.66. The van der Waals surface area contributed by atoms with E-state index in [-0.39, 0.29) is 0 Å². The topological polar surface area (TPSA) is 92.3 Å². The lowest BCUT2D eigenvalue weighted by atomic mass is 9.97. The third-order valence-corrected chi connectivity index (χ3v) is 5.26. The van der Waals surface area contributed by atoms with E-state index in [9.17, 15) is 13.6 Å². The highest BCUT2D eigenvalue weighted by Gasteiger charge is 2.39. The number of nitrogens with zero attached hydrogens (tertiary/aromatic N) is 5. The molecule has 0 spiro atoms. The number of amides is 1. The highest BCUT2D eigenvalue weighted by molar-refractivity contribution is 5.93. The van der Waals surface area contributed by atoms with Gasteiger partial charge in [-0.15, -0.1) is 0 Å². The van der Waals surface area contributed by atoms with Crippen molar-refractivity contribution in [3.63, 3.8) is 0 Å². The number of rotatable bonds is 3. The summed E-state index contributed by atoms with van der Waals surface area (Å²) in [6, 6.07) is 5.06. The summed E-state index contributed by atoms with van der Waals surface area (Å²) in [5.74, 6) is -1.11. The lowest BCUT2D eigenvalue weighted by Crippen LogP contribution is -2.41. The third kappa shape index (κ3) is 2.63. The van der Waals surface area contributed by atoms with Crippen molar-refractivity contribution < 1.29 is 18.0 Å². The van der Waals surface area contributed by atoms with Crippen LogP contribution in [0.2, 0.25) is 0 Å². The molecule has 4 aromatic heterocycles. The molecule has 0 saturated heterocycles. The van der Waals surface area contributed by atoms with E-state index >= 15 is 0 Å². The Labute approximate surface area is 163 Å². The first kappa shape index (κ1) is 17.5. The van der Waals surface area contributed by atoms with Crippen LogP contribution in [0.3, 0.4) is 0 Å². The van der Waals surface area contributed by atoms with Crippen molar-refractivity contribution in [1.82, 2.24) is 29.5 Å². The molecule has 1 N–H and O–H groups in total. The van der Waals surface area contributed by atoms with Gasteiger partial charge in [0, 0.05) is 30.4 Å². The van der Waals surface area contributed by atoms with Crippen LogP contribution in [0.15, 0.2) is 41.5 Å². The molecule has 1 amide bonds. The van der Waals surface area contributed by atoms with Gasteiger partial charge in [0.05, 0.1) is 23.2 Å². The average molecular weight is 398 g/mol. The summed E-state index contributed by atoms with van der Waals surface area (Å²) in [6.45, 7) is 2.22. The first-order valence-corrected chi connectivity index (χ1v) is 9.04. The van der Waals surface area contributed by atoms with Gasteiger partial charge < -0.3 is 14.3 Å². The van der Waals surface area contributed by atoms with Crippen molar-refractivity contribution >= 4 is 11.4 Å². The van der Waals surface area contributed by atoms with Crippen LogP contribution in [0.1, 0.15) is 51.4 Å². The van der Waals surface area contributed by atoms with E-state index < -0.39 is 29.8 Å². The second-order valence-corrected chi connectivity index (χ2v) is 6.83. The molecule has 0 aliphatic carbocycles. The van der Waals surface area contributed by atoms with E-state index in [1.54, 1.807) is 10.8 Å². The number of alkyl halides is 2. The fourth-order valence-corrected chi connectivity index (χ4v) is 3.87. The molecule has 1 aliphatic heterocycles. The Bertz CT molecular complexity index is 1210. The summed E-state index contributed by atoms with van der Waals surface area (Å²) < 4.78 is 33.3. The Hall–Kier alpha value is -3.56. The monoisotopic (exact) mass is 398 g/mol. The normalized spacial score (nSPS) is 16.6. The predicted molar refractivity (Wildman–Crippen MR) is 96.6 cm³/mol. The van der Waals surface area contributed by atoms with Crippen molar-refractivity contribution in [2.75, 3.05) is 6.54 Å². The minimum Gasteiger partial charge on any atom is -0.438 e. The van der Waals surface area contributed by atoms with Gasteiger partial charge in [-0.25, -0.2) is 23.3 Å². The Morgan fingerprint density at radius 1 is 1.31 bits per heavy atom.